The van der Waals surface area contributed by atoms with Crippen molar-refractivity contribution in [1.82, 2.24) is 0 Å². The summed E-state index contributed by atoms with van der Waals surface area (Å²) in [6.45, 7) is 1.35. The van der Waals surface area contributed by atoms with Gasteiger partial charge < -0.3 is 34.4 Å². The van der Waals surface area contributed by atoms with Crippen LogP contribution in [0.3, 0.4) is 0 Å². The van der Waals surface area contributed by atoms with Crippen LogP contribution in [0, 0.1) is 0 Å². The lowest BCUT2D eigenvalue weighted by molar-refractivity contribution is -0.161. The number of carbonyl (C=O) groups is 2. The molecule has 362 valence electrons. The number of hydrogen-bond donors (Lipinski definition) is 5. The third kappa shape index (κ3) is 45.1. The fraction of sp³-hybridized carbons (Fsp3) is 0.542. The van der Waals surface area contributed by atoms with Gasteiger partial charge in [-0.2, -0.15) is 0 Å². The first-order valence-corrected chi connectivity index (χ1v) is 25.4. The van der Waals surface area contributed by atoms with Crippen LogP contribution in [-0.4, -0.2) is 81.6 Å². The van der Waals surface area contributed by atoms with Crippen LogP contribution in [0.4, 0.5) is 0 Å². The lowest BCUT2D eigenvalue weighted by atomic mass is 10.2. The Labute approximate surface area is 382 Å². The molecule has 16 heteroatoms. The molecule has 64 heavy (non-hydrogen) atoms. The average Bonchev–Trinajstić information content (AvgIpc) is 3.25. The maximum atomic E-state index is 12.7. The number of phosphoric ester groups is 2. The Morgan fingerprint density at radius 2 is 1.05 bits per heavy atom. The van der Waals surface area contributed by atoms with E-state index in [2.05, 4.69) is 77.6 Å². The number of rotatable bonds is 40. The third-order valence-corrected chi connectivity index (χ3v) is 9.85. The van der Waals surface area contributed by atoms with Crippen molar-refractivity contribution in [1.29, 1.82) is 0 Å². The van der Waals surface area contributed by atoms with Crippen LogP contribution in [-0.2, 0) is 41.8 Å². The van der Waals surface area contributed by atoms with Crippen LogP contribution in [0.25, 0.3) is 0 Å². The number of allylic oxidation sites excluding steroid dienone is 18. The molecule has 0 amide bonds. The third-order valence-electron chi connectivity index (χ3n) is 8.42. The highest BCUT2D eigenvalue weighted by Gasteiger charge is 2.28. The molecule has 0 bridgehead atoms. The molecule has 4 atom stereocenters. The number of carbonyl (C=O) groups excluding carboxylic acids is 2. The first-order chi connectivity index (χ1) is 30.8. The summed E-state index contributed by atoms with van der Waals surface area (Å²) in [5, 5.41) is 19.8. The largest absolute Gasteiger partial charge is 0.472 e. The van der Waals surface area contributed by atoms with Gasteiger partial charge in [-0.3, -0.25) is 23.2 Å². The number of phosphoric acid groups is 2. The summed E-state index contributed by atoms with van der Waals surface area (Å²) in [6, 6.07) is 0. The number of aliphatic hydroxyl groups excluding tert-OH is 2. The van der Waals surface area contributed by atoms with Crippen molar-refractivity contribution < 1.29 is 66.7 Å². The first kappa shape index (κ1) is 60.5. The summed E-state index contributed by atoms with van der Waals surface area (Å²) < 4.78 is 47.6. The van der Waals surface area contributed by atoms with E-state index in [-0.39, 0.29) is 12.8 Å². The topological polar surface area (TPSA) is 216 Å². The van der Waals surface area contributed by atoms with E-state index in [1.807, 2.05) is 54.7 Å². The van der Waals surface area contributed by atoms with Crippen molar-refractivity contribution >= 4 is 27.6 Å². The van der Waals surface area contributed by atoms with Gasteiger partial charge in [0.1, 0.15) is 12.7 Å². The molecule has 0 aromatic carbocycles. The molecule has 0 heterocycles. The second-order valence-corrected chi connectivity index (χ2v) is 17.1. The van der Waals surface area contributed by atoms with Gasteiger partial charge in [0.15, 0.2) is 6.10 Å². The van der Waals surface area contributed by atoms with Crippen LogP contribution >= 0.6 is 15.6 Å². The van der Waals surface area contributed by atoms with E-state index < -0.39 is 72.3 Å². The molecule has 2 unspecified atom stereocenters. The van der Waals surface area contributed by atoms with Crippen LogP contribution in [0.2, 0.25) is 0 Å². The van der Waals surface area contributed by atoms with E-state index in [4.69, 9.17) is 23.8 Å². The molecule has 5 N–H and O–H groups in total. The Bertz CT molecular complexity index is 1600. The summed E-state index contributed by atoms with van der Waals surface area (Å²) in [7, 11) is -9.76. The van der Waals surface area contributed by atoms with Crippen molar-refractivity contribution in [3.8, 4) is 0 Å². The predicted octanol–water partition coefficient (Wildman–Crippen LogP) is 10.6. The SMILES string of the molecule is CC/C=C\C/C=C\CC(O)/C=C/C=C\C/C=C\CCCC(=O)O[C@H](COC(=O)CC/C=C\C/C=C\C/C=C\C/C=C\C/C=C\CCCCC)COP(=O)(O)OC[C@@H](O)COP(=O)(O)O. The summed E-state index contributed by atoms with van der Waals surface area (Å²) in [5.41, 5.74) is 0. The molecule has 0 spiro atoms. The summed E-state index contributed by atoms with van der Waals surface area (Å²) >= 11 is 0. The van der Waals surface area contributed by atoms with Crippen molar-refractivity contribution in [2.75, 3.05) is 26.4 Å². The molecule has 0 aromatic heterocycles. The molecule has 0 aliphatic rings. The van der Waals surface area contributed by atoms with Gasteiger partial charge in [-0.05, 0) is 83.5 Å². The standard InChI is InChI=1S/C48H76O14P2/c1-3-5-7-9-11-12-13-14-15-16-17-18-19-20-21-22-26-30-34-38-47(51)58-42-46(43-61-64(56,57)60-41-45(50)40-59-63(53,54)55)62-48(52)39-35-31-27-24-23-25-29-33-37-44(49)36-32-28-10-8-6-4-2/h6,8,11-12,14-15,17-18,20-21,24-30,32-33,37,44-46,49-50H,3-5,7,9-10,13,16,19,22-23,31,34-36,38-43H2,1-2H3,(H,56,57)(H2,53,54,55)/b8-6-,12-11-,15-14-,18-17-,21-20-,27-24-,29-25-,30-26-,32-28-,37-33+/t44?,45-,46+/m0/s1. The molecular formula is C48H76O14P2. The van der Waals surface area contributed by atoms with Crippen molar-refractivity contribution in [2.24, 2.45) is 0 Å². The van der Waals surface area contributed by atoms with E-state index >= 15 is 0 Å². The van der Waals surface area contributed by atoms with E-state index in [0.717, 1.165) is 38.5 Å². The first-order valence-electron chi connectivity index (χ1n) is 22.3. The van der Waals surface area contributed by atoms with Gasteiger partial charge in [0.2, 0.25) is 0 Å². The fourth-order valence-electron chi connectivity index (χ4n) is 5.04. The maximum Gasteiger partial charge on any atom is 0.472 e. The van der Waals surface area contributed by atoms with Crippen molar-refractivity contribution in [3.05, 3.63) is 122 Å². The van der Waals surface area contributed by atoms with Crippen molar-refractivity contribution in [2.45, 2.75) is 141 Å². The minimum Gasteiger partial charge on any atom is -0.462 e. The summed E-state index contributed by atoms with van der Waals surface area (Å²) in [4.78, 5) is 52.7. The highest BCUT2D eigenvalue weighted by Crippen LogP contribution is 2.43. The monoisotopic (exact) mass is 938 g/mol. The van der Waals surface area contributed by atoms with Crippen LogP contribution in [0.5, 0.6) is 0 Å². The molecule has 14 nitrogen and oxygen atoms in total. The number of esters is 2. The molecule has 0 aromatic rings. The van der Waals surface area contributed by atoms with Gasteiger partial charge in [0, 0.05) is 12.8 Å². The summed E-state index contributed by atoms with van der Waals surface area (Å²) in [6.07, 6.45) is 49.5. The Morgan fingerprint density at radius 1 is 0.531 bits per heavy atom. The lowest BCUT2D eigenvalue weighted by Gasteiger charge is -2.20. The number of aliphatic hydroxyl groups is 2. The second-order valence-electron chi connectivity index (χ2n) is 14.4. The van der Waals surface area contributed by atoms with Gasteiger partial charge in [-0.1, -0.05) is 148 Å². The minimum absolute atomic E-state index is 0.00211. The normalized spacial score (nSPS) is 15.5. The van der Waals surface area contributed by atoms with Gasteiger partial charge in [-0.25, -0.2) is 9.13 Å². The smallest absolute Gasteiger partial charge is 0.462 e. The molecule has 0 saturated heterocycles. The van der Waals surface area contributed by atoms with Crippen LogP contribution in [0.1, 0.15) is 123 Å². The zero-order valence-electron chi connectivity index (χ0n) is 37.9. The van der Waals surface area contributed by atoms with E-state index in [1.165, 1.54) is 19.3 Å². The highest BCUT2D eigenvalue weighted by molar-refractivity contribution is 7.47. The Balaban J connectivity index is 4.80. The molecular weight excluding hydrogens is 862 g/mol. The van der Waals surface area contributed by atoms with Gasteiger partial charge in [-0.15, -0.1) is 0 Å². The van der Waals surface area contributed by atoms with Gasteiger partial charge >= 0.3 is 27.6 Å². The molecule has 0 radical (unpaired) electrons. The van der Waals surface area contributed by atoms with Gasteiger partial charge in [0.25, 0.3) is 0 Å². The Hall–Kier alpha value is -3.52. The van der Waals surface area contributed by atoms with Crippen LogP contribution in [0.15, 0.2) is 122 Å². The minimum atomic E-state index is -4.89. The zero-order valence-corrected chi connectivity index (χ0v) is 39.7. The zero-order chi connectivity index (χ0) is 47.4. The van der Waals surface area contributed by atoms with E-state index in [9.17, 15) is 33.8 Å². The summed E-state index contributed by atoms with van der Waals surface area (Å²) in [5.74, 6) is -1.25. The van der Waals surface area contributed by atoms with Gasteiger partial charge in [0.05, 0.1) is 25.9 Å². The van der Waals surface area contributed by atoms with E-state index in [0.29, 0.717) is 38.5 Å². The maximum absolute atomic E-state index is 12.7. The number of unbranched alkanes of at least 4 members (excludes halogenated alkanes) is 4. The molecule has 0 aliphatic carbocycles. The predicted molar refractivity (Wildman–Crippen MR) is 254 cm³/mol. The van der Waals surface area contributed by atoms with Crippen molar-refractivity contribution in [3.63, 3.8) is 0 Å². The lowest BCUT2D eigenvalue weighted by Crippen LogP contribution is -2.29. The molecule has 0 rings (SSSR count). The average molecular weight is 939 g/mol. The second kappa shape index (κ2) is 42.1. The Morgan fingerprint density at radius 3 is 1.64 bits per heavy atom. The Kier molecular flexibility index (Phi) is 39.8. The quantitative estimate of drug-likeness (QED) is 0.0127. The highest BCUT2D eigenvalue weighted by atomic mass is 31.2. The molecule has 0 fully saturated rings. The fourth-order valence-corrected chi connectivity index (χ4v) is 6.19. The molecule has 0 aliphatic heterocycles. The molecule has 0 saturated carbocycles. The number of ether oxygens (including phenoxy) is 2. The van der Waals surface area contributed by atoms with Crippen LogP contribution < -0.4 is 0 Å². The number of hydrogen-bond acceptors (Lipinski definition) is 11. The van der Waals surface area contributed by atoms with E-state index in [1.54, 1.807) is 12.2 Å².